The molecule has 0 unspecified atom stereocenters. The zero-order valence-electron chi connectivity index (χ0n) is 15.7. The van der Waals surface area contributed by atoms with E-state index in [9.17, 15) is 9.59 Å². The SMILES string of the molecule is CC(C)(C)c1ccccc1OC1CCN(C(=O)C(=O)Nc2nnn[nH]2)CC1. The summed E-state index contributed by atoms with van der Waals surface area (Å²) in [5.41, 5.74) is 1.14. The van der Waals surface area contributed by atoms with E-state index in [0.717, 1.165) is 11.3 Å². The standard InChI is InChI=1S/C18H24N6O3/c1-18(2,3)13-6-4-5-7-14(13)27-12-8-10-24(11-9-12)16(26)15(25)19-17-20-22-23-21-17/h4-7,12H,8-11H2,1-3H3,(H2,19,20,21,22,23,25). The number of nitrogens with one attached hydrogen (secondary N) is 2. The summed E-state index contributed by atoms with van der Waals surface area (Å²) < 4.78 is 6.22. The predicted octanol–water partition coefficient (Wildman–Crippen LogP) is 1.51. The van der Waals surface area contributed by atoms with E-state index in [4.69, 9.17) is 4.74 Å². The molecular formula is C18H24N6O3. The van der Waals surface area contributed by atoms with Crippen LogP contribution in [0.1, 0.15) is 39.2 Å². The topological polar surface area (TPSA) is 113 Å². The number of likely N-dealkylation sites (tertiary alicyclic amines) is 1. The van der Waals surface area contributed by atoms with Gasteiger partial charge in [0.15, 0.2) is 0 Å². The molecule has 2 heterocycles. The number of hydrogen-bond donors (Lipinski definition) is 2. The van der Waals surface area contributed by atoms with Crippen LogP contribution in [-0.4, -0.2) is 56.5 Å². The van der Waals surface area contributed by atoms with Crippen molar-refractivity contribution in [3.8, 4) is 5.75 Å². The highest BCUT2D eigenvalue weighted by atomic mass is 16.5. The van der Waals surface area contributed by atoms with Crippen LogP contribution in [-0.2, 0) is 15.0 Å². The smallest absolute Gasteiger partial charge is 0.316 e. The number of rotatable bonds is 3. The van der Waals surface area contributed by atoms with E-state index in [1.54, 1.807) is 0 Å². The number of amides is 2. The highest BCUT2D eigenvalue weighted by molar-refractivity contribution is 6.39. The van der Waals surface area contributed by atoms with Gasteiger partial charge in [-0.3, -0.25) is 14.9 Å². The minimum atomic E-state index is -0.758. The van der Waals surface area contributed by atoms with Gasteiger partial charge in [-0.25, -0.2) is 5.10 Å². The Labute approximate surface area is 157 Å². The van der Waals surface area contributed by atoms with Gasteiger partial charge in [-0.1, -0.05) is 44.1 Å². The lowest BCUT2D eigenvalue weighted by Gasteiger charge is -2.33. The average molecular weight is 372 g/mol. The van der Waals surface area contributed by atoms with Crippen molar-refractivity contribution in [1.82, 2.24) is 25.5 Å². The molecule has 1 fully saturated rings. The molecule has 1 aromatic carbocycles. The van der Waals surface area contributed by atoms with E-state index in [2.05, 4.69) is 52.8 Å². The molecule has 2 N–H and O–H groups in total. The van der Waals surface area contributed by atoms with Gasteiger partial charge in [0.1, 0.15) is 11.9 Å². The maximum Gasteiger partial charge on any atom is 0.316 e. The maximum absolute atomic E-state index is 12.3. The second kappa shape index (κ2) is 7.73. The number of tetrazole rings is 1. The monoisotopic (exact) mass is 372 g/mol. The van der Waals surface area contributed by atoms with Gasteiger partial charge in [0.25, 0.3) is 0 Å². The Bertz CT molecular complexity index is 792. The normalized spacial score (nSPS) is 15.4. The van der Waals surface area contributed by atoms with Crippen LogP contribution in [0.5, 0.6) is 5.75 Å². The molecule has 0 saturated carbocycles. The third kappa shape index (κ3) is 4.60. The molecule has 2 amide bonds. The van der Waals surface area contributed by atoms with E-state index < -0.39 is 11.8 Å². The quantitative estimate of drug-likeness (QED) is 0.790. The number of piperidine rings is 1. The first-order valence-electron chi connectivity index (χ1n) is 8.95. The number of aromatic nitrogens is 4. The number of anilines is 1. The number of aromatic amines is 1. The van der Waals surface area contributed by atoms with E-state index in [0.29, 0.717) is 25.9 Å². The molecule has 9 nitrogen and oxygen atoms in total. The second-order valence-electron chi connectivity index (χ2n) is 7.56. The molecule has 2 aromatic rings. The fourth-order valence-corrected chi connectivity index (χ4v) is 3.06. The van der Waals surface area contributed by atoms with Crippen LogP contribution in [0.25, 0.3) is 0 Å². The lowest BCUT2D eigenvalue weighted by Crippen LogP contribution is -2.46. The Morgan fingerprint density at radius 2 is 1.93 bits per heavy atom. The lowest BCUT2D eigenvalue weighted by atomic mass is 9.86. The third-order valence-corrected chi connectivity index (χ3v) is 4.49. The summed E-state index contributed by atoms with van der Waals surface area (Å²) in [4.78, 5) is 25.8. The first kappa shape index (κ1) is 18.8. The molecule has 1 aliphatic heterocycles. The largest absolute Gasteiger partial charge is 0.490 e. The number of hydrogen-bond acceptors (Lipinski definition) is 6. The van der Waals surface area contributed by atoms with Crippen LogP contribution in [0.4, 0.5) is 5.95 Å². The number of carbonyl (C=O) groups excluding carboxylic acids is 2. The Morgan fingerprint density at radius 3 is 2.56 bits per heavy atom. The molecule has 144 valence electrons. The van der Waals surface area contributed by atoms with Gasteiger partial charge in [0, 0.05) is 25.9 Å². The van der Waals surface area contributed by atoms with Crippen molar-refractivity contribution in [2.75, 3.05) is 18.4 Å². The maximum atomic E-state index is 12.3. The average Bonchev–Trinajstić information content (AvgIpc) is 3.14. The summed E-state index contributed by atoms with van der Waals surface area (Å²) in [7, 11) is 0. The van der Waals surface area contributed by atoms with Crippen molar-refractivity contribution in [2.45, 2.75) is 45.1 Å². The molecule has 3 rings (SSSR count). The van der Waals surface area contributed by atoms with E-state index >= 15 is 0 Å². The zero-order valence-corrected chi connectivity index (χ0v) is 15.7. The van der Waals surface area contributed by atoms with Crippen LogP contribution in [0.2, 0.25) is 0 Å². The Morgan fingerprint density at radius 1 is 1.22 bits per heavy atom. The number of H-pyrrole nitrogens is 1. The molecule has 1 aliphatic rings. The molecule has 0 atom stereocenters. The first-order valence-corrected chi connectivity index (χ1v) is 8.95. The predicted molar refractivity (Wildman–Crippen MR) is 98.2 cm³/mol. The van der Waals surface area contributed by atoms with Gasteiger partial charge in [0.2, 0.25) is 5.95 Å². The van der Waals surface area contributed by atoms with Gasteiger partial charge >= 0.3 is 11.8 Å². The van der Waals surface area contributed by atoms with Crippen LogP contribution >= 0.6 is 0 Å². The molecule has 1 aromatic heterocycles. The van der Waals surface area contributed by atoms with Crippen LogP contribution in [0, 0.1) is 0 Å². The summed E-state index contributed by atoms with van der Waals surface area (Å²) >= 11 is 0. The number of nitrogens with zero attached hydrogens (tertiary/aromatic N) is 4. The fraction of sp³-hybridized carbons (Fsp3) is 0.500. The first-order chi connectivity index (χ1) is 12.8. The molecule has 0 radical (unpaired) electrons. The summed E-state index contributed by atoms with van der Waals surface area (Å²) in [6.45, 7) is 7.38. The lowest BCUT2D eigenvalue weighted by molar-refractivity contribution is -0.144. The highest BCUT2D eigenvalue weighted by Crippen LogP contribution is 2.32. The number of benzene rings is 1. The highest BCUT2D eigenvalue weighted by Gasteiger charge is 2.29. The van der Waals surface area contributed by atoms with Gasteiger partial charge < -0.3 is 9.64 Å². The number of carbonyl (C=O) groups is 2. The van der Waals surface area contributed by atoms with Gasteiger partial charge in [-0.2, -0.15) is 0 Å². The van der Waals surface area contributed by atoms with E-state index in [1.807, 2.05) is 18.2 Å². The van der Waals surface area contributed by atoms with E-state index in [1.165, 1.54) is 4.90 Å². The van der Waals surface area contributed by atoms with Gasteiger partial charge in [-0.05, 0) is 27.5 Å². The zero-order chi connectivity index (χ0) is 19.4. The molecule has 1 saturated heterocycles. The minimum absolute atomic E-state index is 0.0130. The van der Waals surface area contributed by atoms with Crippen molar-refractivity contribution in [3.05, 3.63) is 29.8 Å². The number of ether oxygens (including phenoxy) is 1. The molecule has 9 heteroatoms. The second-order valence-corrected chi connectivity index (χ2v) is 7.56. The van der Waals surface area contributed by atoms with Crippen molar-refractivity contribution < 1.29 is 14.3 Å². The van der Waals surface area contributed by atoms with Crippen molar-refractivity contribution in [1.29, 1.82) is 0 Å². The Kier molecular flexibility index (Phi) is 5.38. The molecule has 0 spiro atoms. The van der Waals surface area contributed by atoms with Crippen LogP contribution in [0.3, 0.4) is 0 Å². The summed E-state index contributed by atoms with van der Waals surface area (Å²) in [6, 6.07) is 8.04. The van der Waals surface area contributed by atoms with Crippen molar-refractivity contribution in [2.24, 2.45) is 0 Å². The van der Waals surface area contributed by atoms with Crippen molar-refractivity contribution >= 4 is 17.8 Å². The van der Waals surface area contributed by atoms with Crippen molar-refractivity contribution in [3.63, 3.8) is 0 Å². The molecule has 0 bridgehead atoms. The summed E-state index contributed by atoms with van der Waals surface area (Å²) in [6.07, 6.45) is 1.35. The Hall–Kier alpha value is -2.97. The molecule has 27 heavy (non-hydrogen) atoms. The van der Waals surface area contributed by atoms with Crippen LogP contribution < -0.4 is 10.1 Å². The summed E-state index contributed by atoms with van der Waals surface area (Å²) in [5, 5.41) is 14.9. The summed E-state index contributed by atoms with van der Waals surface area (Å²) in [5.74, 6) is -0.429. The third-order valence-electron chi connectivity index (χ3n) is 4.49. The van der Waals surface area contributed by atoms with Crippen LogP contribution in [0.15, 0.2) is 24.3 Å². The molecular weight excluding hydrogens is 348 g/mol. The molecule has 0 aliphatic carbocycles. The fourth-order valence-electron chi connectivity index (χ4n) is 3.06. The van der Waals surface area contributed by atoms with Gasteiger partial charge in [-0.15, -0.1) is 0 Å². The van der Waals surface area contributed by atoms with E-state index in [-0.39, 0.29) is 17.5 Å². The van der Waals surface area contributed by atoms with Gasteiger partial charge in [0.05, 0.1) is 0 Å². The minimum Gasteiger partial charge on any atom is -0.490 e. The Balaban J connectivity index is 1.55. The number of para-hydroxylation sites is 1.